The highest BCUT2D eigenvalue weighted by molar-refractivity contribution is 5.50. The second-order valence-electron chi connectivity index (χ2n) is 1.91. The summed E-state index contributed by atoms with van der Waals surface area (Å²) in [5.41, 5.74) is 4.98. The first-order valence-electron chi connectivity index (χ1n) is 3.61. The predicted molar refractivity (Wildman–Crippen MR) is 47.4 cm³/mol. The maximum absolute atomic E-state index is 4.98. The maximum Gasteiger partial charge on any atom is 0.0797 e. The standard InChI is InChI=1S/C5H12N2.C2H7N/c1-2-3-4-7-5-6;1-3-2/h5H,2-4H2,1H3,(H2,6,7);3H,1-2H3. The number of rotatable bonds is 3. The van der Waals surface area contributed by atoms with Crippen molar-refractivity contribution in [3.8, 4) is 0 Å². The summed E-state index contributed by atoms with van der Waals surface area (Å²) in [5, 5.41) is 2.75. The Morgan fingerprint density at radius 3 is 2.30 bits per heavy atom. The van der Waals surface area contributed by atoms with Gasteiger partial charge in [-0.05, 0) is 20.5 Å². The van der Waals surface area contributed by atoms with E-state index in [0.29, 0.717) is 0 Å². The fourth-order valence-corrected chi connectivity index (χ4v) is 0.324. The second-order valence-corrected chi connectivity index (χ2v) is 1.91. The van der Waals surface area contributed by atoms with E-state index in [2.05, 4.69) is 17.2 Å². The van der Waals surface area contributed by atoms with Crippen LogP contribution in [0.4, 0.5) is 0 Å². The van der Waals surface area contributed by atoms with Crippen molar-refractivity contribution in [2.24, 2.45) is 10.7 Å². The first-order chi connectivity index (χ1) is 4.83. The molecule has 0 unspecified atom stereocenters. The summed E-state index contributed by atoms with van der Waals surface area (Å²) in [6, 6.07) is 0. The number of nitrogens with zero attached hydrogens (tertiary/aromatic N) is 1. The molecule has 0 atom stereocenters. The van der Waals surface area contributed by atoms with Crippen LogP contribution in [0.3, 0.4) is 0 Å². The van der Waals surface area contributed by atoms with E-state index >= 15 is 0 Å². The molecule has 62 valence electrons. The Bertz CT molecular complexity index is 61.9. The summed E-state index contributed by atoms with van der Waals surface area (Å²) < 4.78 is 0. The zero-order valence-corrected chi connectivity index (χ0v) is 7.22. The zero-order valence-electron chi connectivity index (χ0n) is 7.22. The molecular weight excluding hydrogens is 126 g/mol. The number of unbranched alkanes of at least 4 members (excludes halogenated alkanes) is 1. The van der Waals surface area contributed by atoms with Gasteiger partial charge in [0.05, 0.1) is 6.34 Å². The van der Waals surface area contributed by atoms with E-state index in [1.807, 2.05) is 14.1 Å². The van der Waals surface area contributed by atoms with Crippen LogP contribution < -0.4 is 11.1 Å². The van der Waals surface area contributed by atoms with Gasteiger partial charge in [-0.15, -0.1) is 0 Å². The van der Waals surface area contributed by atoms with Gasteiger partial charge in [0, 0.05) is 6.54 Å². The van der Waals surface area contributed by atoms with Gasteiger partial charge < -0.3 is 11.1 Å². The fourth-order valence-electron chi connectivity index (χ4n) is 0.324. The monoisotopic (exact) mass is 145 g/mol. The van der Waals surface area contributed by atoms with Gasteiger partial charge in [0.15, 0.2) is 0 Å². The minimum Gasteiger partial charge on any atom is -0.390 e. The highest BCUT2D eigenvalue weighted by Gasteiger charge is 1.73. The molecule has 0 bridgehead atoms. The van der Waals surface area contributed by atoms with Crippen LogP contribution in [0.2, 0.25) is 0 Å². The molecule has 0 aromatic carbocycles. The molecule has 0 rings (SSSR count). The molecule has 0 aliphatic carbocycles. The van der Waals surface area contributed by atoms with Gasteiger partial charge >= 0.3 is 0 Å². The molecule has 0 fully saturated rings. The minimum atomic E-state index is 0.882. The zero-order chi connectivity index (χ0) is 8.24. The van der Waals surface area contributed by atoms with Crippen molar-refractivity contribution in [3.05, 3.63) is 0 Å². The van der Waals surface area contributed by atoms with Crippen molar-refractivity contribution in [2.45, 2.75) is 19.8 Å². The summed E-state index contributed by atoms with van der Waals surface area (Å²) >= 11 is 0. The SMILES string of the molecule is CCCCN=CN.CNC. The largest absolute Gasteiger partial charge is 0.390 e. The molecule has 0 amide bonds. The first kappa shape index (κ1) is 12.1. The van der Waals surface area contributed by atoms with Gasteiger partial charge in [0.1, 0.15) is 0 Å². The van der Waals surface area contributed by atoms with Gasteiger partial charge in [0.25, 0.3) is 0 Å². The van der Waals surface area contributed by atoms with Crippen LogP contribution in [0.1, 0.15) is 19.8 Å². The van der Waals surface area contributed by atoms with Crippen LogP contribution in [-0.2, 0) is 0 Å². The lowest BCUT2D eigenvalue weighted by Gasteiger charge is -1.84. The van der Waals surface area contributed by atoms with E-state index in [1.165, 1.54) is 12.8 Å². The number of hydrogen-bond acceptors (Lipinski definition) is 2. The van der Waals surface area contributed by atoms with E-state index in [0.717, 1.165) is 13.0 Å². The van der Waals surface area contributed by atoms with Gasteiger partial charge in [-0.1, -0.05) is 13.3 Å². The molecule has 10 heavy (non-hydrogen) atoms. The molecular formula is C7H19N3. The van der Waals surface area contributed by atoms with E-state index in [9.17, 15) is 0 Å². The third kappa shape index (κ3) is 26.1. The van der Waals surface area contributed by atoms with Crippen molar-refractivity contribution >= 4 is 6.34 Å². The van der Waals surface area contributed by atoms with Crippen LogP contribution in [-0.4, -0.2) is 27.0 Å². The Hall–Kier alpha value is -0.570. The fraction of sp³-hybridized carbons (Fsp3) is 0.857. The van der Waals surface area contributed by atoms with E-state index in [-0.39, 0.29) is 0 Å². The molecule has 0 saturated carbocycles. The number of hydrogen-bond donors (Lipinski definition) is 2. The molecule has 0 aromatic rings. The first-order valence-corrected chi connectivity index (χ1v) is 3.61. The van der Waals surface area contributed by atoms with E-state index < -0.39 is 0 Å². The van der Waals surface area contributed by atoms with Crippen molar-refractivity contribution in [1.82, 2.24) is 5.32 Å². The Morgan fingerprint density at radius 2 is 2.00 bits per heavy atom. The third-order valence-corrected chi connectivity index (χ3v) is 0.746. The summed E-state index contributed by atoms with van der Waals surface area (Å²) in [7, 11) is 3.75. The Labute approximate surface area is 63.7 Å². The normalized spacial score (nSPS) is 9.10. The highest BCUT2D eigenvalue weighted by atomic mass is 14.8. The number of nitrogens with one attached hydrogen (secondary N) is 1. The van der Waals surface area contributed by atoms with Crippen LogP contribution in [0.15, 0.2) is 4.99 Å². The Morgan fingerprint density at radius 1 is 1.50 bits per heavy atom. The molecule has 3 heteroatoms. The lowest BCUT2D eigenvalue weighted by Crippen LogP contribution is -1.89. The molecule has 3 N–H and O–H groups in total. The lowest BCUT2D eigenvalue weighted by atomic mass is 10.3. The van der Waals surface area contributed by atoms with Crippen LogP contribution in [0.5, 0.6) is 0 Å². The molecule has 0 spiro atoms. The summed E-state index contributed by atoms with van der Waals surface area (Å²) in [6.45, 7) is 3.01. The van der Waals surface area contributed by atoms with Crippen molar-refractivity contribution in [2.75, 3.05) is 20.6 Å². The van der Waals surface area contributed by atoms with Crippen LogP contribution in [0.25, 0.3) is 0 Å². The summed E-state index contributed by atoms with van der Waals surface area (Å²) in [6.07, 6.45) is 3.70. The molecule has 0 aromatic heterocycles. The molecule has 3 nitrogen and oxygen atoms in total. The third-order valence-electron chi connectivity index (χ3n) is 0.746. The van der Waals surface area contributed by atoms with E-state index in [4.69, 9.17) is 5.73 Å². The Balaban J connectivity index is 0. The maximum atomic E-state index is 4.98. The topological polar surface area (TPSA) is 50.4 Å². The molecule has 0 saturated heterocycles. The number of nitrogens with two attached hydrogens (primary N) is 1. The van der Waals surface area contributed by atoms with Gasteiger partial charge in [-0.3, -0.25) is 4.99 Å². The molecule has 0 aliphatic heterocycles. The highest BCUT2D eigenvalue weighted by Crippen LogP contribution is 1.83. The van der Waals surface area contributed by atoms with Crippen molar-refractivity contribution in [3.63, 3.8) is 0 Å². The van der Waals surface area contributed by atoms with Crippen LogP contribution in [0, 0.1) is 0 Å². The lowest BCUT2D eigenvalue weighted by molar-refractivity contribution is 0.809. The van der Waals surface area contributed by atoms with Gasteiger partial charge in [0.2, 0.25) is 0 Å². The van der Waals surface area contributed by atoms with Gasteiger partial charge in [-0.25, -0.2) is 0 Å². The Kier molecular flexibility index (Phi) is 19.2. The van der Waals surface area contributed by atoms with Gasteiger partial charge in [-0.2, -0.15) is 0 Å². The summed E-state index contributed by atoms with van der Waals surface area (Å²) in [5.74, 6) is 0. The van der Waals surface area contributed by atoms with Crippen molar-refractivity contribution in [1.29, 1.82) is 0 Å². The quantitative estimate of drug-likeness (QED) is 0.347. The minimum absolute atomic E-state index is 0.882. The van der Waals surface area contributed by atoms with Crippen LogP contribution >= 0.6 is 0 Å². The smallest absolute Gasteiger partial charge is 0.0797 e. The molecule has 0 heterocycles. The average molecular weight is 145 g/mol. The molecule has 0 aliphatic rings. The summed E-state index contributed by atoms with van der Waals surface area (Å²) in [4.78, 5) is 3.81. The predicted octanol–water partition coefficient (Wildman–Crippen LogP) is 0.609. The average Bonchev–Trinajstić information content (AvgIpc) is 1.91. The molecule has 0 radical (unpaired) electrons. The van der Waals surface area contributed by atoms with E-state index in [1.54, 1.807) is 0 Å². The van der Waals surface area contributed by atoms with Crippen molar-refractivity contribution < 1.29 is 0 Å². The number of aliphatic imine (C=N–C) groups is 1. The second kappa shape index (κ2) is 15.8.